The third-order valence-electron chi connectivity index (χ3n) is 6.94. The van der Waals surface area contributed by atoms with Crippen molar-refractivity contribution in [2.24, 2.45) is 5.41 Å². The van der Waals surface area contributed by atoms with Gasteiger partial charge in [0.15, 0.2) is 0 Å². The van der Waals surface area contributed by atoms with Crippen LogP contribution in [0.15, 0.2) is 103 Å². The number of hydrogen-bond donors (Lipinski definition) is 2. The van der Waals surface area contributed by atoms with E-state index in [4.69, 9.17) is 4.74 Å². The molecule has 0 spiro atoms. The summed E-state index contributed by atoms with van der Waals surface area (Å²) >= 11 is 0. The Balaban J connectivity index is 1.25. The van der Waals surface area contributed by atoms with Crippen LogP contribution in [-0.4, -0.2) is 32.8 Å². The molecule has 12 heteroatoms. The minimum absolute atomic E-state index is 0.282. The molecule has 1 saturated carbocycles. The van der Waals surface area contributed by atoms with Gasteiger partial charge in [0, 0.05) is 34.7 Å². The van der Waals surface area contributed by atoms with Crippen molar-refractivity contribution in [1.82, 2.24) is 20.1 Å². The van der Waals surface area contributed by atoms with Gasteiger partial charge in [-0.05, 0) is 86.0 Å². The van der Waals surface area contributed by atoms with Crippen LogP contribution in [0.5, 0.6) is 11.5 Å². The van der Waals surface area contributed by atoms with E-state index in [9.17, 15) is 27.2 Å². The van der Waals surface area contributed by atoms with E-state index in [1.54, 1.807) is 54.7 Å². The second-order valence-electron chi connectivity index (χ2n) is 10.3. The quantitative estimate of drug-likeness (QED) is 0.113. The predicted molar refractivity (Wildman–Crippen MR) is 157 cm³/mol. The summed E-state index contributed by atoms with van der Waals surface area (Å²) in [5.74, 6) is -0.406. The van der Waals surface area contributed by atoms with E-state index < -0.39 is 35.8 Å². The highest BCUT2D eigenvalue weighted by Crippen LogP contribution is 2.47. The molecule has 2 aromatic heterocycles. The Morgan fingerprint density at radius 2 is 1.82 bits per heavy atom. The Morgan fingerprint density at radius 3 is 2.48 bits per heavy atom. The minimum atomic E-state index is -4.37. The highest BCUT2D eigenvalue weighted by atomic mass is 19.4. The molecular weight excluding hydrogens is 578 g/mol. The molecule has 0 aliphatic heterocycles. The van der Waals surface area contributed by atoms with Crippen LogP contribution in [0.4, 0.5) is 23.2 Å². The number of nitrogens with one attached hydrogen (secondary N) is 2. The van der Waals surface area contributed by atoms with Gasteiger partial charge in [0.25, 0.3) is 0 Å². The van der Waals surface area contributed by atoms with E-state index >= 15 is 0 Å². The number of pyridine rings is 1. The number of fused-ring (bicyclic) bond motifs is 1. The third kappa shape index (κ3) is 7.02. The standard InChI is InChI=1S/C32H27F4N5O3/c1-3-23(6-4-20(2)33)39-29(42)31(13-14-31)30(43)40-24-7-9-25(10-8-24)44-28-12-15-37-27-16-21(5-11-26(27)28)22-17-38-41(18-22)19-32(34,35)36/h3-12,15-18H,1,13-14,19H2,2H3,(H,39,42)(H,40,43)/b20-4+,23-6+. The lowest BCUT2D eigenvalue weighted by Gasteiger charge is -2.16. The molecule has 44 heavy (non-hydrogen) atoms. The molecule has 0 atom stereocenters. The van der Waals surface area contributed by atoms with Crippen molar-refractivity contribution in [3.63, 3.8) is 0 Å². The number of rotatable bonds is 10. The summed E-state index contributed by atoms with van der Waals surface area (Å²) in [7, 11) is 0. The molecular formula is C32H27F4N5O3. The monoisotopic (exact) mass is 605 g/mol. The Hall–Kier alpha value is -5.26. The van der Waals surface area contributed by atoms with E-state index in [2.05, 4.69) is 27.3 Å². The van der Waals surface area contributed by atoms with Gasteiger partial charge in [-0.1, -0.05) is 12.6 Å². The van der Waals surface area contributed by atoms with Crippen LogP contribution < -0.4 is 15.4 Å². The summed E-state index contributed by atoms with van der Waals surface area (Å²) in [6.07, 6.45) is 4.57. The van der Waals surface area contributed by atoms with Gasteiger partial charge in [0.05, 0.1) is 17.5 Å². The fourth-order valence-electron chi connectivity index (χ4n) is 4.46. The topological polar surface area (TPSA) is 98.1 Å². The third-order valence-corrected chi connectivity index (χ3v) is 6.94. The van der Waals surface area contributed by atoms with Crippen molar-refractivity contribution in [1.29, 1.82) is 0 Å². The number of hydrogen-bond acceptors (Lipinski definition) is 5. The molecule has 8 nitrogen and oxygen atoms in total. The lowest BCUT2D eigenvalue weighted by molar-refractivity contribution is -0.142. The van der Waals surface area contributed by atoms with E-state index in [0.717, 1.165) is 4.68 Å². The summed E-state index contributed by atoms with van der Waals surface area (Å²) in [6.45, 7) is 3.70. The predicted octanol–water partition coefficient (Wildman–Crippen LogP) is 7.23. The average Bonchev–Trinajstić information content (AvgIpc) is 3.68. The number of anilines is 1. The van der Waals surface area contributed by atoms with Gasteiger partial charge in [0.2, 0.25) is 11.8 Å². The van der Waals surface area contributed by atoms with Gasteiger partial charge in [-0.25, -0.2) is 4.39 Å². The number of carbonyl (C=O) groups is 2. The number of benzene rings is 2. The number of allylic oxidation sites excluding steroid dienone is 4. The maximum atomic E-state index is 13.0. The molecule has 1 aliphatic carbocycles. The summed E-state index contributed by atoms with van der Waals surface area (Å²) in [5.41, 5.74) is 1.27. The molecule has 2 N–H and O–H groups in total. The molecule has 1 fully saturated rings. The van der Waals surface area contributed by atoms with Crippen molar-refractivity contribution in [3.05, 3.63) is 103 Å². The Kier molecular flexibility index (Phi) is 8.34. The summed E-state index contributed by atoms with van der Waals surface area (Å²) in [4.78, 5) is 30.2. The number of halogens is 4. The van der Waals surface area contributed by atoms with Gasteiger partial charge >= 0.3 is 6.18 Å². The highest BCUT2D eigenvalue weighted by molar-refractivity contribution is 6.13. The van der Waals surface area contributed by atoms with Crippen LogP contribution in [0.3, 0.4) is 0 Å². The number of nitrogens with zero attached hydrogens (tertiary/aromatic N) is 3. The zero-order valence-electron chi connectivity index (χ0n) is 23.5. The molecule has 2 heterocycles. The van der Waals surface area contributed by atoms with Crippen molar-refractivity contribution >= 4 is 28.4 Å². The Morgan fingerprint density at radius 1 is 1.07 bits per heavy atom. The smallest absolute Gasteiger partial charge is 0.408 e. The maximum Gasteiger partial charge on any atom is 0.408 e. The Labute approximate surface area is 249 Å². The minimum Gasteiger partial charge on any atom is -0.457 e. The molecule has 0 radical (unpaired) electrons. The molecule has 1 aliphatic rings. The van der Waals surface area contributed by atoms with Crippen LogP contribution in [0.2, 0.25) is 0 Å². The number of carbonyl (C=O) groups excluding carboxylic acids is 2. The lowest BCUT2D eigenvalue weighted by atomic mass is 10.0. The van der Waals surface area contributed by atoms with Gasteiger partial charge < -0.3 is 15.4 Å². The maximum absolute atomic E-state index is 13.0. The summed E-state index contributed by atoms with van der Waals surface area (Å²) < 4.78 is 58.0. The first-order valence-electron chi connectivity index (χ1n) is 13.5. The average molecular weight is 606 g/mol. The first kappa shape index (κ1) is 30.2. The van der Waals surface area contributed by atoms with Crippen LogP contribution in [0.1, 0.15) is 19.8 Å². The van der Waals surface area contributed by atoms with E-state index in [1.165, 1.54) is 37.5 Å². The van der Waals surface area contributed by atoms with Crippen molar-refractivity contribution in [3.8, 4) is 22.6 Å². The molecule has 0 unspecified atom stereocenters. The number of ether oxygens (including phenoxy) is 1. The van der Waals surface area contributed by atoms with Crippen LogP contribution in [0.25, 0.3) is 22.0 Å². The number of alkyl halides is 3. The zero-order valence-corrected chi connectivity index (χ0v) is 23.5. The highest BCUT2D eigenvalue weighted by Gasteiger charge is 2.56. The van der Waals surface area contributed by atoms with Gasteiger partial charge in [0.1, 0.15) is 23.5 Å². The van der Waals surface area contributed by atoms with Gasteiger partial charge in [-0.2, -0.15) is 18.3 Å². The molecule has 226 valence electrons. The fourth-order valence-corrected chi connectivity index (χ4v) is 4.46. The van der Waals surface area contributed by atoms with Crippen LogP contribution in [-0.2, 0) is 16.1 Å². The SMILES string of the molecule is C=C/C(=C\C=C(/C)F)NC(=O)C1(C(=O)Nc2ccc(Oc3ccnc4cc(-c5cnn(CC(F)(F)F)c5)ccc34)cc2)CC1. The largest absolute Gasteiger partial charge is 0.457 e. The lowest BCUT2D eigenvalue weighted by Crippen LogP contribution is -2.39. The zero-order chi connectivity index (χ0) is 31.5. The number of aromatic nitrogens is 3. The first-order valence-corrected chi connectivity index (χ1v) is 13.5. The first-order chi connectivity index (χ1) is 21.0. The molecule has 0 saturated heterocycles. The summed E-state index contributed by atoms with van der Waals surface area (Å²) in [5, 5.41) is 9.88. The second-order valence-corrected chi connectivity index (χ2v) is 10.3. The van der Waals surface area contributed by atoms with E-state index in [-0.39, 0.29) is 5.70 Å². The molecule has 2 amide bonds. The van der Waals surface area contributed by atoms with Gasteiger partial charge in [-0.3, -0.25) is 19.3 Å². The van der Waals surface area contributed by atoms with E-state index in [0.29, 0.717) is 52.1 Å². The van der Waals surface area contributed by atoms with E-state index in [1.807, 2.05) is 0 Å². The number of amides is 2. The molecule has 2 aromatic carbocycles. The van der Waals surface area contributed by atoms with Crippen molar-refractivity contribution < 1.29 is 31.9 Å². The second kappa shape index (κ2) is 12.2. The normalized spacial score (nSPS) is 14.7. The van der Waals surface area contributed by atoms with Crippen LogP contribution >= 0.6 is 0 Å². The summed E-state index contributed by atoms with van der Waals surface area (Å²) in [6, 6.07) is 13.6. The van der Waals surface area contributed by atoms with Crippen molar-refractivity contribution in [2.45, 2.75) is 32.5 Å². The van der Waals surface area contributed by atoms with Crippen LogP contribution in [0, 0.1) is 5.41 Å². The van der Waals surface area contributed by atoms with Gasteiger partial charge in [-0.15, -0.1) is 0 Å². The molecule has 4 aromatic rings. The molecule has 5 rings (SSSR count). The van der Waals surface area contributed by atoms with Crippen molar-refractivity contribution in [2.75, 3.05) is 5.32 Å². The molecule has 0 bridgehead atoms. The fraction of sp³-hybridized carbons (Fsp3) is 0.188. The Bertz CT molecular complexity index is 1780.